The van der Waals surface area contributed by atoms with Crippen LogP contribution in [0.5, 0.6) is 0 Å². The first kappa shape index (κ1) is 21.5. The Morgan fingerprint density at radius 3 is 1.59 bits per heavy atom. The predicted octanol–water partition coefficient (Wildman–Crippen LogP) is 6.97. The van der Waals surface area contributed by atoms with Gasteiger partial charge in [-0.2, -0.15) is 0 Å². The number of hydrogen-bond donors (Lipinski definition) is 0. The van der Waals surface area contributed by atoms with Crippen molar-refractivity contribution in [3.63, 3.8) is 0 Å². The van der Waals surface area contributed by atoms with Gasteiger partial charge in [-0.3, -0.25) is 4.79 Å². The third-order valence-corrected chi connectivity index (χ3v) is 6.96. The topological polar surface area (TPSA) is 115 Å². The number of carbonyl (C=O) groups excluding carboxylic acids is 1. The fourth-order valence-electron chi connectivity index (χ4n) is 5.14. The molecule has 29 heavy (non-hydrogen) atoms. The van der Waals surface area contributed by atoms with Crippen LogP contribution in [0, 0.1) is 17.8 Å². The highest BCUT2D eigenvalue weighted by Gasteiger charge is 2.30. The summed E-state index contributed by atoms with van der Waals surface area (Å²) in [5.41, 5.74) is 19.2. The molecule has 0 aromatic rings. The number of hydrogen-bond acceptors (Lipinski definition) is 3. The molecule has 0 heterocycles. The maximum atomic E-state index is 13.2. The first-order valence-electron chi connectivity index (χ1n) is 11.2. The molecule has 0 aromatic carbocycles. The molecule has 0 unspecified atom stereocenters. The van der Waals surface area contributed by atoms with Gasteiger partial charge in [0.15, 0.2) is 5.78 Å². The van der Waals surface area contributed by atoms with Gasteiger partial charge in [0.1, 0.15) is 0 Å². The molecule has 3 rings (SSSR count). The Morgan fingerprint density at radius 1 is 0.828 bits per heavy atom. The highest BCUT2D eigenvalue weighted by atomic mass is 16.1. The van der Waals surface area contributed by atoms with E-state index >= 15 is 0 Å². The molecule has 7 heteroatoms. The lowest BCUT2D eigenvalue weighted by Crippen LogP contribution is -2.23. The molecule has 3 aliphatic rings. The molecule has 0 amide bonds. The fourth-order valence-corrected chi connectivity index (χ4v) is 5.14. The van der Waals surface area contributed by atoms with Crippen molar-refractivity contribution in [1.29, 1.82) is 0 Å². The van der Waals surface area contributed by atoms with Crippen LogP contribution in [-0.4, -0.2) is 17.9 Å². The second-order valence-corrected chi connectivity index (χ2v) is 8.94. The number of azide groups is 2. The van der Waals surface area contributed by atoms with Gasteiger partial charge in [-0.05, 0) is 104 Å². The van der Waals surface area contributed by atoms with Crippen LogP contribution in [0.2, 0.25) is 0 Å². The summed E-state index contributed by atoms with van der Waals surface area (Å²) in [6.45, 7) is 2.21. The van der Waals surface area contributed by atoms with E-state index in [-0.39, 0.29) is 17.9 Å². The Morgan fingerprint density at radius 2 is 1.24 bits per heavy atom. The van der Waals surface area contributed by atoms with Crippen molar-refractivity contribution in [2.45, 2.75) is 89.6 Å². The summed E-state index contributed by atoms with van der Waals surface area (Å²) >= 11 is 0. The number of carbonyl (C=O) groups is 1. The Labute approximate surface area is 172 Å². The second-order valence-electron chi connectivity index (χ2n) is 8.94. The van der Waals surface area contributed by atoms with Crippen LogP contribution in [0.25, 0.3) is 20.9 Å². The van der Waals surface area contributed by atoms with E-state index in [0.29, 0.717) is 17.8 Å². The smallest absolute Gasteiger partial charge is 0.184 e. The molecule has 3 fully saturated rings. The van der Waals surface area contributed by atoms with Crippen molar-refractivity contribution in [3.8, 4) is 0 Å². The van der Waals surface area contributed by atoms with Gasteiger partial charge in [-0.25, -0.2) is 0 Å². The minimum atomic E-state index is 0.121. The Hall–Kier alpha value is -2.23. The SMILES string of the molecule is CCC1C/C(=C\C2CCC(N=[N+]=[N-])CC2)C(=O)/C(=C/C2CCC(N=[N+]=[N-])CC2)C1. The van der Waals surface area contributed by atoms with Crippen LogP contribution in [-0.2, 0) is 4.79 Å². The molecule has 0 saturated heterocycles. The summed E-state index contributed by atoms with van der Waals surface area (Å²) in [5.74, 6) is 1.65. The summed E-state index contributed by atoms with van der Waals surface area (Å²) in [6, 6.07) is 0.243. The molecular formula is C22H32N6O. The zero-order valence-electron chi connectivity index (χ0n) is 17.4. The Kier molecular flexibility index (Phi) is 7.79. The van der Waals surface area contributed by atoms with Crippen LogP contribution in [0.1, 0.15) is 77.6 Å². The standard InChI is InChI=1S/C22H32N6O/c1-2-15-11-18(13-16-3-7-20(8-4-16)25-27-23)22(29)19(12-15)14-17-5-9-21(10-6-17)26-28-24/h13-17,20-21H,2-12H2,1H3/b18-13+,19-14+. The summed E-state index contributed by atoms with van der Waals surface area (Å²) in [5, 5.41) is 7.71. The Bertz CT molecular complexity index is 683. The van der Waals surface area contributed by atoms with E-state index in [1.54, 1.807) is 0 Å². The molecule has 3 saturated carbocycles. The van der Waals surface area contributed by atoms with Crippen LogP contribution in [0.15, 0.2) is 33.5 Å². The van der Waals surface area contributed by atoms with E-state index in [1.807, 2.05) is 0 Å². The minimum absolute atomic E-state index is 0.121. The van der Waals surface area contributed by atoms with Crippen LogP contribution in [0.4, 0.5) is 0 Å². The summed E-state index contributed by atoms with van der Waals surface area (Å²) < 4.78 is 0. The van der Waals surface area contributed by atoms with E-state index in [2.05, 4.69) is 39.1 Å². The zero-order valence-corrected chi connectivity index (χ0v) is 17.4. The zero-order chi connectivity index (χ0) is 20.6. The maximum Gasteiger partial charge on any atom is 0.184 e. The molecule has 156 valence electrons. The first-order chi connectivity index (χ1) is 14.1. The molecule has 0 bridgehead atoms. The molecular weight excluding hydrogens is 364 g/mol. The third kappa shape index (κ3) is 5.88. The Balaban J connectivity index is 1.67. The average Bonchev–Trinajstić information content (AvgIpc) is 2.74. The lowest BCUT2D eigenvalue weighted by molar-refractivity contribution is -0.113. The van der Waals surface area contributed by atoms with Gasteiger partial charge in [0.05, 0.1) is 0 Å². The van der Waals surface area contributed by atoms with E-state index in [0.717, 1.165) is 81.8 Å². The van der Waals surface area contributed by atoms with Gasteiger partial charge >= 0.3 is 0 Å². The summed E-state index contributed by atoms with van der Waals surface area (Å²) in [6.07, 6.45) is 15.0. The largest absolute Gasteiger partial charge is 0.289 e. The summed E-state index contributed by atoms with van der Waals surface area (Å²) in [7, 11) is 0. The number of Topliss-reactive ketones (excluding diaryl/α,β-unsaturated/α-hetero) is 1. The minimum Gasteiger partial charge on any atom is -0.289 e. The van der Waals surface area contributed by atoms with Gasteiger partial charge in [0.25, 0.3) is 0 Å². The quantitative estimate of drug-likeness (QED) is 0.212. The molecule has 0 aliphatic heterocycles. The van der Waals surface area contributed by atoms with Crippen LogP contribution < -0.4 is 0 Å². The second kappa shape index (κ2) is 10.5. The van der Waals surface area contributed by atoms with Gasteiger partial charge < -0.3 is 0 Å². The molecule has 0 aromatic heterocycles. The molecule has 0 N–H and O–H groups in total. The monoisotopic (exact) mass is 396 g/mol. The van der Waals surface area contributed by atoms with Crippen molar-refractivity contribution >= 4 is 5.78 Å². The fraction of sp³-hybridized carbons (Fsp3) is 0.773. The number of rotatable bonds is 5. The van der Waals surface area contributed by atoms with Crippen LogP contribution in [0.3, 0.4) is 0 Å². The highest BCUT2D eigenvalue weighted by molar-refractivity contribution is 6.09. The van der Waals surface area contributed by atoms with Gasteiger partial charge in [0, 0.05) is 21.9 Å². The highest BCUT2D eigenvalue weighted by Crippen LogP contribution is 2.37. The molecule has 7 nitrogen and oxygen atoms in total. The number of nitrogens with zero attached hydrogens (tertiary/aromatic N) is 6. The van der Waals surface area contributed by atoms with Crippen molar-refractivity contribution in [1.82, 2.24) is 0 Å². The first-order valence-corrected chi connectivity index (χ1v) is 11.2. The van der Waals surface area contributed by atoms with E-state index < -0.39 is 0 Å². The van der Waals surface area contributed by atoms with E-state index in [9.17, 15) is 4.79 Å². The van der Waals surface area contributed by atoms with Crippen molar-refractivity contribution in [2.24, 2.45) is 28.0 Å². The summed E-state index contributed by atoms with van der Waals surface area (Å²) in [4.78, 5) is 19.1. The van der Waals surface area contributed by atoms with Gasteiger partial charge in [0.2, 0.25) is 0 Å². The lowest BCUT2D eigenvalue weighted by Gasteiger charge is -2.30. The lowest BCUT2D eigenvalue weighted by atomic mass is 9.75. The maximum absolute atomic E-state index is 13.2. The third-order valence-electron chi connectivity index (χ3n) is 6.96. The van der Waals surface area contributed by atoms with Crippen molar-refractivity contribution < 1.29 is 4.79 Å². The van der Waals surface area contributed by atoms with Gasteiger partial charge in [-0.15, -0.1) is 0 Å². The van der Waals surface area contributed by atoms with Gasteiger partial charge in [-0.1, -0.05) is 35.7 Å². The average molecular weight is 397 g/mol. The van der Waals surface area contributed by atoms with Crippen LogP contribution >= 0.6 is 0 Å². The molecule has 3 aliphatic carbocycles. The number of allylic oxidation sites excluding steroid dienone is 4. The van der Waals surface area contributed by atoms with E-state index in [4.69, 9.17) is 11.1 Å². The predicted molar refractivity (Wildman–Crippen MR) is 114 cm³/mol. The van der Waals surface area contributed by atoms with Crippen molar-refractivity contribution in [3.05, 3.63) is 44.2 Å². The normalized spacial score (nSPS) is 35.8. The number of ketones is 1. The van der Waals surface area contributed by atoms with Crippen molar-refractivity contribution in [2.75, 3.05) is 0 Å². The van der Waals surface area contributed by atoms with E-state index in [1.165, 1.54) is 0 Å². The molecule has 0 radical (unpaired) electrons. The molecule has 0 atom stereocenters. The molecule has 0 spiro atoms.